The predicted molar refractivity (Wildman–Crippen MR) is 64.2 cm³/mol. The number of thiol groups is 1. The van der Waals surface area contributed by atoms with Crippen LogP contribution in [0.2, 0.25) is 13.1 Å². The molecule has 1 unspecified atom stereocenters. The Kier molecular flexibility index (Phi) is 4.52. The van der Waals surface area contributed by atoms with E-state index in [-0.39, 0.29) is 0 Å². The van der Waals surface area contributed by atoms with Crippen molar-refractivity contribution >= 4 is 21.4 Å². The van der Waals surface area contributed by atoms with Gasteiger partial charge < -0.3 is 0 Å². The molecule has 1 heterocycles. The second-order valence-electron chi connectivity index (χ2n) is 3.71. The summed E-state index contributed by atoms with van der Waals surface area (Å²) in [6, 6.07) is 4.17. The number of rotatable bonds is 4. The Hall–Kier alpha value is -0.283. The lowest BCUT2D eigenvalue weighted by molar-refractivity contribution is 0.887. The summed E-state index contributed by atoms with van der Waals surface area (Å²) < 4.78 is 0. The predicted octanol–water partition coefficient (Wildman–Crippen LogP) is 2.34. The molecule has 13 heavy (non-hydrogen) atoms. The smallest absolute Gasteiger partial charge is 0.0454 e. The Balaban J connectivity index is 2.35. The number of hydrogen-bond acceptors (Lipinski definition) is 2. The maximum atomic E-state index is 4.60. The number of pyridine rings is 1. The van der Waals surface area contributed by atoms with Gasteiger partial charge in [0.25, 0.3) is 0 Å². The van der Waals surface area contributed by atoms with Gasteiger partial charge in [-0.25, -0.2) is 0 Å². The fourth-order valence-corrected chi connectivity index (χ4v) is 2.16. The quantitative estimate of drug-likeness (QED) is 0.596. The van der Waals surface area contributed by atoms with E-state index in [1.807, 2.05) is 12.4 Å². The van der Waals surface area contributed by atoms with Crippen LogP contribution in [0.3, 0.4) is 0 Å². The Morgan fingerprint density at radius 3 is 2.54 bits per heavy atom. The van der Waals surface area contributed by atoms with Crippen molar-refractivity contribution in [1.82, 2.24) is 4.98 Å². The van der Waals surface area contributed by atoms with Gasteiger partial charge in [-0.05, 0) is 35.4 Å². The van der Waals surface area contributed by atoms with Crippen molar-refractivity contribution in [2.45, 2.75) is 30.8 Å². The highest BCUT2D eigenvalue weighted by atomic mass is 32.1. The van der Waals surface area contributed by atoms with Crippen molar-refractivity contribution in [3.05, 3.63) is 30.1 Å². The molecule has 1 aromatic rings. The molecule has 0 spiro atoms. The van der Waals surface area contributed by atoms with Gasteiger partial charge in [0, 0.05) is 21.2 Å². The van der Waals surface area contributed by atoms with Crippen LogP contribution in [0.4, 0.5) is 0 Å². The van der Waals surface area contributed by atoms with E-state index in [9.17, 15) is 0 Å². The molecular weight excluding hydrogens is 194 g/mol. The second-order valence-corrected chi connectivity index (χ2v) is 8.22. The van der Waals surface area contributed by atoms with Crippen molar-refractivity contribution in [1.29, 1.82) is 0 Å². The lowest BCUT2D eigenvalue weighted by Gasteiger charge is -2.12. The molecule has 0 aliphatic rings. The van der Waals surface area contributed by atoms with Crippen LogP contribution in [-0.4, -0.2) is 18.7 Å². The summed E-state index contributed by atoms with van der Waals surface area (Å²) in [5.74, 6) is 0. The maximum absolute atomic E-state index is 4.60. The van der Waals surface area contributed by atoms with Crippen LogP contribution < -0.4 is 0 Å². The van der Waals surface area contributed by atoms with E-state index >= 15 is 0 Å². The highest BCUT2D eigenvalue weighted by Gasteiger charge is 2.08. The minimum Gasteiger partial charge on any atom is -0.265 e. The van der Waals surface area contributed by atoms with Crippen LogP contribution in [0.15, 0.2) is 24.5 Å². The molecule has 1 rings (SSSR count). The van der Waals surface area contributed by atoms with Gasteiger partial charge >= 0.3 is 0 Å². The molecule has 0 radical (unpaired) electrons. The number of aromatic nitrogens is 1. The number of nitrogens with zero attached hydrogens (tertiary/aromatic N) is 1. The first-order valence-electron chi connectivity index (χ1n) is 4.77. The number of aryl methyl sites for hydroxylation is 1. The fraction of sp³-hybridized carbons (Fsp3) is 0.500. The first-order chi connectivity index (χ1) is 6.20. The molecule has 0 saturated heterocycles. The molecule has 1 nitrogen and oxygen atoms in total. The summed E-state index contributed by atoms with van der Waals surface area (Å²) in [7, 11) is -0.557. The third-order valence-electron chi connectivity index (χ3n) is 2.25. The summed E-state index contributed by atoms with van der Waals surface area (Å²) in [6.07, 6.45) is 6.06. The summed E-state index contributed by atoms with van der Waals surface area (Å²) >= 11 is 4.60. The standard InChI is InChI=1S/C10H17NSSi/c1-13(2)10(12)4-3-9-5-7-11-8-6-9/h5-8,10,12-13H,3-4H2,1-2H3. The van der Waals surface area contributed by atoms with Crippen LogP contribution in [0.1, 0.15) is 12.0 Å². The highest BCUT2D eigenvalue weighted by molar-refractivity contribution is 7.82. The molecule has 0 aliphatic carbocycles. The van der Waals surface area contributed by atoms with E-state index in [1.165, 1.54) is 12.0 Å². The normalized spacial score (nSPS) is 13.2. The molecule has 1 atom stereocenters. The van der Waals surface area contributed by atoms with E-state index in [4.69, 9.17) is 0 Å². The third-order valence-corrected chi connectivity index (χ3v) is 6.17. The molecule has 0 aliphatic heterocycles. The van der Waals surface area contributed by atoms with Gasteiger partial charge in [0.1, 0.15) is 0 Å². The van der Waals surface area contributed by atoms with Crippen molar-refractivity contribution in [2.24, 2.45) is 0 Å². The van der Waals surface area contributed by atoms with Crippen molar-refractivity contribution in [2.75, 3.05) is 0 Å². The van der Waals surface area contributed by atoms with E-state index in [0.717, 1.165) is 6.42 Å². The van der Waals surface area contributed by atoms with Gasteiger partial charge in [-0.3, -0.25) is 4.98 Å². The highest BCUT2D eigenvalue weighted by Crippen LogP contribution is 2.10. The zero-order valence-corrected chi connectivity index (χ0v) is 10.3. The first kappa shape index (κ1) is 10.8. The Labute approximate surface area is 87.6 Å². The van der Waals surface area contributed by atoms with Gasteiger partial charge in [0.2, 0.25) is 0 Å². The van der Waals surface area contributed by atoms with E-state index in [2.05, 4.69) is 42.8 Å². The average molecular weight is 211 g/mol. The van der Waals surface area contributed by atoms with Gasteiger partial charge in [0.15, 0.2) is 0 Å². The zero-order chi connectivity index (χ0) is 9.68. The largest absolute Gasteiger partial charge is 0.265 e. The SMILES string of the molecule is C[SiH](C)C(S)CCc1ccncc1. The Bertz CT molecular complexity index is 238. The van der Waals surface area contributed by atoms with Gasteiger partial charge in [-0.1, -0.05) is 13.1 Å². The Morgan fingerprint density at radius 1 is 1.38 bits per heavy atom. The van der Waals surface area contributed by atoms with Crippen LogP contribution in [0.5, 0.6) is 0 Å². The van der Waals surface area contributed by atoms with E-state index < -0.39 is 8.80 Å². The summed E-state index contributed by atoms with van der Waals surface area (Å²) in [6.45, 7) is 4.70. The monoisotopic (exact) mass is 211 g/mol. The van der Waals surface area contributed by atoms with Crippen LogP contribution in [0, 0.1) is 0 Å². The molecule has 0 saturated carbocycles. The van der Waals surface area contributed by atoms with E-state index in [0.29, 0.717) is 4.87 Å². The average Bonchev–Trinajstić information content (AvgIpc) is 2.15. The van der Waals surface area contributed by atoms with Crippen LogP contribution in [-0.2, 0) is 6.42 Å². The molecular formula is C10H17NSSi. The summed E-state index contributed by atoms with van der Waals surface area (Å²) in [5.41, 5.74) is 1.38. The molecule has 0 bridgehead atoms. The van der Waals surface area contributed by atoms with Gasteiger partial charge in [-0.15, -0.1) is 0 Å². The first-order valence-corrected chi connectivity index (χ1v) is 8.26. The molecule has 0 amide bonds. The minimum atomic E-state index is -0.557. The molecule has 0 fully saturated rings. The third kappa shape index (κ3) is 3.96. The number of hydrogen-bond donors (Lipinski definition) is 1. The van der Waals surface area contributed by atoms with Crippen molar-refractivity contribution in [3.8, 4) is 0 Å². The lowest BCUT2D eigenvalue weighted by Crippen LogP contribution is -2.18. The van der Waals surface area contributed by atoms with Crippen LogP contribution >= 0.6 is 12.6 Å². The maximum Gasteiger partial charge on any atom is 0.0454 e. The molecule has 72 valence electrons. The fourth-order valence-electron chi connectivity index (χ4n) is 1.20. The van der Waals surface area contributed by atoms with Crippen molar-refractivity contribution in [3.63, 3.8) is 0 Å². The molecule has 3 heteroatoms. The topological polar surface area (TPSA) is 12.9 Å². The molecule has 1 aromatic heterocycles. The summed E-state index contributed by atoms with van der Waals surface area (Å²) in [4.78, 5) is 4.64. The van der Waals surface area contributed by atoms with Crippen molar-refractivity contribution < 1.29 is 0 Å². The summed E-state index contributed by atoms with van der Waals surface area (Å²) in [5, 5.41) is 0. The zero-order valence-electron chi connectivity index (χ0n) is 8.27. The lowest BCUT2D eigenvalue weighted by atomic mass is 10.2. The second kappa shape index (κ2) is 5.45. The molecule has 0 N–H and O–H groups in total. The minimum absolute atomic E-state index is 0.557. The van der Waals surface area contributed by atoms with Crippen LogP contribution in [0.25, 0.3) is 0 Å². The van der Waals surface area contributed by atoms with Gasteiger partial charge in [0.05, 0.1) is 0 Å². The van der Waals surface area contributed by atoms with Gasteiger partial charge in [-0.2, -0.15) is 12.6 Å². The molecule has 0 aromatic carbocycles. The Morgan fingerprint density at radius 2 is 2.00 bits per heavy atom. The van der Waals surface area contributed by atoms with E-state index in [1.54, 1.807) is 0 Å².